The lowest BCUT2D eigenvalue weighted by Crippen LogP contribution is -2.21. The van der Waals surface area contributed by atoms with Gasteiger partial charge in [0.15, 0.2) is 0 Å². The molecule has 0 aromatic heterocycles. The first-order valence-corrected chi connectivity index (χ1v) is 7.47. The Hall–Kier alpha value is -1.71. The monoisotopic (exact) mass is 304 g/mol. The number of nitrogens with zero attached hydrogens (tertiary/aromatic N) is 1. The van der Waals surface area contributed by atoms with Crippen molar-refractivity contribution in [2.45, 2.75) is 6.92 Å². The standard InChI is InChI=1S/C11H16N2O6S/c1-9-2-3-10(13(14)15)8-11(9)19-5-4-18-6-7-20(12,16)17/h2-3,8H,4-7H2,1H3,(H2,12,16,17). The smallest absolute Gasteiger partial charge is 0.273 e. The van der Waals surface area contributed by atoms with Crippen molar-refractivity contribution in [2.75, 3.05) is 25.6 Å². The molecule has 0 atom stereocenters. The summed E-state index contributed by atoms with van der Waals surface area (Å²) in [6.45, 7) is 2.07. The van der Waals surface area contributed by atoms with Gasteiger partial charge >= 0.3 is 0 Å². The van der Waals surface area contributed by atoms with E-state index in [2.05, 4.69) is 0 Å². The molecule has 1 aromatic carbocycles. The number of hydrogen-bond acceptors (Lipinski definition) is 6. The molecule has 0 aliphatic rings. The predicted molar refractivity (Wildman–Crippen MR) is 72.1 cm³/mol. The molecule has 0 saturated heterocycles. The minimum absolute atomic E-state index is 0.0177. The van der Waals surface area contributed by atoms with Gasteiger partial charge < -0.3 is 9.47 Å². The van der Waals surface area contributed by atoms with Gasteiger partial charge in [0, 0.05) is 6.07 Å². The maximum absolute atomic E-state index is 10.6. The number of sulfonamides is 1. The zero-order valence-electron chi connectivity index (χ0n) is 10.9. The van der Waals surface area contributed by atoms with E-state index in [9.17, 15) is 18.5 Å². The summed E-state index contributed by atoms with van der Waals surface area (Å²) in [5, 5.41) is 15.4. The molecule has 0 radical (unpaired) electrons. The van der Waals surface area contributed by atoms with Gasteiger partial charge in [-0.05, 0) is 18.6 Å². The third-order valence-corrected chi connectivity index (χ3v) is 3.12. The third-order valence-electron chi connectivity index (χ3n) is 2.38. The van der Waals surface area contributed by atoms with E-state index < -0.39 is 14.9 Å². The molecule has 0 aliphatic carbocycles. The quantitative estimate of drug-likeness (QED) is 0.426. The number of non-ortho nitro benzene ring substituents is 1. The molecule has 0 aliphatic heterocycles. The van der Waals surface area contributed by atoms with Crippen LogP contribution in [-0.4, -0.2) is 38.9 Å². The Morgan fingerprint density at radius 2 is 2.00 bits per heavy atom. The first-order chi connectivity index (χ1) is 9.29. The van der Waals surface area contributed by atoms with Gasteiger partial charge in [0.1, 0.15) is 12.4 Å². The Morgan fingerprint density at radius 3 is 2.60 bits per heavy atom. The van der Waals surface area contributed by atoms with E-state index in [4.69, 9.17) is 14.6 Å². The normalized spacial score (nSPS) is 11.3. The molecule has 1 rings (SSSR count). The number of rotatable bonds is 8. The van der Waals surface area contributed by atoms with Gasteiger partial charge in [-0.25, -0.2) is 13.6 Å². The second-order valence-corrected chi connectivity index (χ2v) is 5.77. The van der Waals surface area contributed by atoms with Crippen LogP contribution in [0.15, 0.2) is 18.2 Å². The van der Waals surface area contributed by atoms with Gasteiger partial charge in [-0.2, -0.15) is 0 Å². The number of primary sulfonamides is 1. The number of nitro benzene ring substituents is 1. The largest absolute Gasteiger partial charge is 0.491 e. The highest BCUT2D eigenvalue weighted by molar-refractivity contribution is 7.89. The summed E-state index contributed by atoms with van der Waals surface area (Å²) in [5.41, 5.74) is 0.709. The zero-order chi connectivity index (χ0) is 15.2. The molecule has 9 heteroatoms. The van der Waals surface area contributed by atoms with Crippen LogP contribution >= 0.6 is 0 Å². The summed E-state index contributed by atoms with van der Waals surface area (Å²) in [4.78, 5) is 10.1. The summed E-state index contributed by atoms with van der Waals surface area (Å²) in [6, 6.07) is 4.32. The van der Waals surface area contributed by atoms with Gasteiger partial charge in [-0.15, -0.1) is 0 Å². The van der Waals surface area contributed by atoms with Crippen LogP contribution in [0.1, 0.15) is 5.56 Å². The average molecular weight is 304 g/mol. The summed E-state index contributed by atoms with van der Waals surface area (Å²) in [7, 11) is -3.53. The second-order valence-electron chi connectivity index (χ2n) is 4.03. The molecule has 20 heavy (non-hydrogen) atoms. The van der Waals surface area contributed by atoms with E-state index in [1.54, 1.807) is 13.0 Å². The fraction of sp³-hybridized carbons (Fsp3) is 0.455. The highest BCUT2D eigenvalue weighted by Gasteiger charge is 2.09. The van der Waals surface area contributed by atoms with Crippen molar-refractivity contribution in [2.24, 2.45) is 5.14 Å². The van der Waals surface area contributed by atoms with Crippen molar-refractivity contribution in [1.82, 2.24) is 0 Å². The summed E-state index contributed by atoms with van der Waals surface area (Å²) in [6.07, 6.45) is 0. The number of ether oxygens (including phenoxy) is 2. The van der Waals surface area contributed by atoms with Crippen molar-refractivity contribution in [3.8, 4) is 5.75 Å². The zero-order valence-corrected chi connectivity index (χ0v) is 11.8. The molecule has 1 aromatic rings. The van der Waals surface area contributed by atoms with Crippen LogP contribution in [-0.2, 0) is 14.8 Å². The van der Waals surface area contributed by atoms with Gasteiger partial charge in [-0.3, -0.25) is 10.1 Å². The molecule has 0 unspecified atom stereocenters. The predicted octanol–water partition coefficient (Wildman–Crippen LogP) is 0.587. The molecule has 0 heterocycles. The number of benzene rings is 1. The van der Waals surface area contributed by atoms with Crippen molar-refractivity contribution in [3.05, 3.63) is 33.9 Å². The molecule has 8 nitrogen and oxygen atoms in total. The van der Waals surface area contributed by atoms with Crippen molar-refractivity contribution >= 4 is 15.7 Å². The van der Waals surface area contributed by atoms with E-state index in [1.807, 2.05) is 0 Å². The fourth-order valence-corrected chi connectivity index (χ4v) is 1.70. The lowest BCUT2D eigenvalue weighted by molar-refractivity contribution is -0.385. The van der Waals surface area contributed by atoms with E-state index in [0.717, 1.165) is 5.56 Å². The highest BCUT2D eigenvalue weighted by Crippen LogP contribution is 2.23. The average Bonchev–Trinajstić information content (AvgIpc) is 2.34. The number of hydrogen-bond donors (Lipinski definition) is 1. The van der Waals surface area contributed by atoms with E-state index in [0.29, 0.717) is 5.75 Å². The summed E-state index contributed by atoms with van der Waals surface area (Å²) >= 11 is 0. The lowest BCUT2D eigenvalue weighted by atomic mass is 10.2. The maximum atomic E-state index is 10.6. The van der Waals surface area contributed by atoms with Gasteiger partial charge in [0.2, 0.25) is 10.0 Å². The third kappa shape index (κ3) is 5.95. The summed E-state index contributed by atoms with van der Waals surface area (Å²) < 4.78 is 31.6. The molecular weight excluding hydrogens is 288 g/mol. The Balaban J connectivity index is 2.38. The van der Waals surface area contributed by atoms with Crippen LogP contribution in [0.25, 0.3) is 0 Å². The molecule has 2 N–H and O–H groups in total. The van der Waals surface area contributed by atoms with Crippen LogP contribution < -0.4 is 9.88 Å². The van der Waals surface area contributed by atoms with Crippen LogP contribution in [0.3, 0.4) is 0 Å². The minimum Gasteiger partial charge on any atom is -0.491 e. The van der Waals surface area contributed by atoms with Gasteiger partial charge in [0.25, 0.3) is 5.69 Å². The van der Waals surface area contributed by atoms with Gasteiger partial charge in [0.05, 0.1) is 30.0 Å². The number of aryl methyl sites for hydroxylation is 1. The SMILES string of the molecule is Cc1ccc([N+](=O)[O-])cc1OCCOCCS(N)(=O)=O. The first kappa shape index (κ1) is 16.3. The molecule has 0 amide bonds. The van der Waals surface area contributed by atoms with Gasteiger partial charge in [-0.1, -0.05) is 0 Å². The molecule has 0 fully saturated rings. The van der Waals surface area contributed by atoms with Crippen LogP contribution in [0.4, 0.5) is 5.69 Å². The van der Waals surface area contributed by atoms with Crippen LogP contribution in [0.2, 0.25) is 0 Å². The van der Waals surface area contributed by atoms with Crippen LogP contribution in [0, 0.1) is 17.0 Å². The van der Waals surface area contributed by atoms with Crippen molar-refractivity contribution in [1.29, 1.82) is 0 Å². The van der Waals surface area contributed by atoms with E-state index in [-0.39, 0.29) is 31.3 Å². The first-order valence-electron chi connectivity index (χ1n) is 5.75. The van der Waals surface area contributed by atoms with Crippen molar-refractivity contribution in [3.63, 3.8) is 0 Å². The van der Waals surface area contributed by atoms with E-state index >= 15 is 0 Å². The van der Waals surface area contributed by atoms with Crippen molar-refractivity contribution < 1.29 is 22.8 Å². The Bertz CT molecular complexity index is 572. The summed E-state index contributed by atoms with van der Waals surface area (Å²) in [5.74, 6) is 0.136. The number of nitrogens with two attached hydrogens (primary N) is 1. The lowest BCUT2D eigenvalue weighted by Gasteiger charge is -2.09. The van der Waals surface area contributed by atoms with Crippen LogP contribution in [0.5, 0.6) is 5.75 Å². The number of nitro groups is 1. The Morgan fingerprint density at radius 1 is 1.30 bits per heavy atom. The topological polar surface area (TPSA) is 122 Å². The minimum atomic E-state index is -3.53. The molecule has 0 bridgehead atoms. The second kappa shape index (κ2) is 7.17. The van der Waals surface area contributed by atoms with E-state index in [1.165, 1.54) is 12.1 Å². The molecular formula is C11H16N2O6S. The maximum Gasteiger partial charge on any atom is 0.273 e. The highest BCUT2D eigenvalue weighted by atomic mass is 32.2. The Kier molecular flexibility index (Phi) is 5.86. The Labute approximate surface area is 116 Å². The molecule has 0 spiro atoms. The fourth-order valence-electron chi connectivity index (χ4n) is 1.35. The molecule has 112 valence electrons. The molecule has 0 saturated carbocycles.